The van der Waals surface area contributed by atoms with Crippen LogP contribution in [-0.4, -0.2) is 30.9 Å². The molecule has 0 fully saturated rings. The number of methoxy groups -OCH3 is 1. The van der Waals surface area contributed by atoms with Gasteiger partial charge in [-0.15, -0.1) is 0 Å². The lowest BCUT2D eigenvalue weighted by Crippen LogP contribution is -2.26. The third-order valence-corrected chi connectivity index (χ3v) is 3.06. The van der Waals surface area contributed by atoms with Crippen molar-refractivity contribution in [3.63, 3.8) is 0 Å². The highest BCUT2D eigenvalue weighted by molar-refractivity contribution is 9.10. The molecule has 0 radical (unpaired) electrons. The number of amides is 1. The zero-order valence-corrected chi connectivity index (χ0v) is 12.1. The molecule has 0 bridgehead atoms. The van der Waals surface area contributed by atoms with Crippen LogP contribution in [0.1, 0.15) is 18.4 Å². The Hall–Kier alpha value is -1.36. The molecular formula is C13H16BrNO3. The van der Waals surface area contributed by atoms with Crippen molar-refractivity contribution >= 4 is 27.8 Å². The van der Waals surface area contributed by atoms with Crippen molar-refractivity contribution < 1.29 is 14.3 Å². The van der Waals surface area contributed by atoms with Crippen LogP contribution in [0.25, 0.3) is 0 Å². The largest absolute Gasteiger partial charge is 0.469 e. The topological polar surface area (TPSA) is 46.6 Å². The lowest BCUT2D eigenvalue weighted by atomic mass is 10.2. The maximum Gasteiger partial charge on any atom is 0.306 e. The lowest BCUT2D eigenvalue weighted by Gasteiger charge is -2.17. The first kappa shape index (κ1) is 14.7. The Bertz CT molecular complexity index is 417. The summed E-state index contributed by atoms with van der Waals surface area (Å²) >= 11 is 3.36. The molecular weight excluding hydrogens is 298 g/mol. The summed E-state index contributed by atoms with van der Waals surface area (Å²) in [5.41, 5.74) is 1.05. The summed E-state index contributed by atoms with van der Waals surface area (Å²) in [6, 6.07) is 7.77. The molecule has 1 rings (SSSR count). The van der Waals surface area contributed by atoms with Gasteiger partial charge in [0, 0.05) is 24.5 Å². The fourth-order valence-electron chi connectivity index (χ4n) is 1.45. The van der Waals surface area contributed by atoms with E-state index in [9.17, 15) is 9.59 Å². The molecule has 0 saturated carbocycles. The highest BCUT2D eigenvalue weighted by Gasteiger charge is 2.11. The second-order valence-electron chi connectivity index (χ2n) is 3.95. The molecule has 1 aromatic rings. The predicted molar refractivity (Wildman–Crippen MR) is 71.9 cm³/mol. The standard InChI is InChI=1S/C13H16BrNO3/c1-15(12(16)7-8-13(17)18-2)9-10-3-5-11(14)6-4-10/h3-6H,7-9H2,1-2H3. The Morgan fingerprint density at radius 1 is 1.22 bits per heavy atom. The minimum atomic E-state index is -0.361. The van der Waals surface area contributed by atoms with Crippen molar-refractivity contribution in [3.8, 4) is 0 Å². The number of carbonyl (C=O) groups excluding carboxylic acids is 2. The van der Waals surface area contributed by atoms with Crippen molar-refractivity contribution in [1.29, 1.82) is 0 Å². The summed E-state index contributed by atoms with van der Waals surface area (Å²) in [6.45, 7) is 0.535. The van der Waals surface area contributed by atoms with Crippen LogP contribution in [0.15, 0.2) is 28.7 Å². The number of halogens is 1. The number of nitrogens with zero attached hydrogens (tertiary/aromatic N) is 1. The average Bonchev–Trinajstić information content (AvgIpc) is 2.38. The monoisotopic (exact) mass is 313 g/mol. The third kappa shape index (κ3) is 4.87. The molecule has 0 atom stereocenters. The second kappa shape index (κ2) is 7.16. The molecule has 0 saturated heterocycles. The molecule has 0 heterocycles. The van der Waals surface area contributed by atoms with Crippen LogP contribution >= 0.6 is 15.9 Å². The van der Waals surface area contributed by atoms with E-state index in [1.807, 2.05) is 24.3 Å². The van der Waals surface area contributed by atoms with E-state index in [0.29, 0.717) is 6.54 Å². The second-order valence-corrected chi connectivity index (χ2v) is 4.87. The molecule has 0 aromatic heterocycles. The fraction of sp³-hybridized carbons (Fsp3) is 0.385. The molecule has 98 valence electrons. The SMILES string of the molecule is COC(=O)CCC(=O)N(C)Cc1ccc(Br)cc1. The first-order valence-corrected chi connectivity index (χ1v) is 6.37. The maximum absolute atomic E-state index is 11.7. The highest BCUT2D eigenvalue weighted by atomic mass is 79.9. The molecule has 4 nitrogen and oxygen atoms in total. The van der Waals surface area contributed by atoms with Gasteiger partial charge in [0.1, 0.15) is 0 Å². The molecule has 5 heteroatoms. The van der Waals surface area contributed by atoms with E-state index in [4.69, 9.17) is 0 Å². The van der Waals surface area contributed by atoms with Gasteiger partial charge in [-0.3, -0.25) is 9.59 Å². The van der Waals surface area contributed by atoms with Crippen LogP contribution in [0.3, 0.4) is 0 Å². The van der Waals surface area contributed by atoms with Gasteiger partial charge in [-0.25, -0.2) is 0 Å². The van der Waals surface area contributed by atoms with Crippen LogP contribution in [0.2, 0.25) is 0 Å². The minimum absolute atomic E-state index is 0.0664. The predicted octanol–water partition coefficient (Wildman–Crippen LogP) is 2.36. The Morgan fingerprint density at radius 2 is 1.83 bits per heavy atom. The Balaban J connectivity index is 2.44. The third-order valence-electron chi connectivity index (χ3n) is 2.53. The van der Waals surface area contributed by atoms with Gasteiger partial charge >= 0.3 is 5.97 Å². The molecule has 18 heavy (non-hydrogen) atoms. The van der Waals surface area contributed by atoms with Crippen LogP contribution in [0, 0.1) is 0 Å². The number of benzene rings is 1. The number of carbonyl (C=O) groups is 2. The van der Waals surface area contributed by atoms with E-state index >= 15 is 0 Å². The van der Waals surface area contributed by atoms with Gasteiger partial charge in [0.15, 0.2) is 0 Å². The Morgan fingerprint density at radius 3 is 2.39 bits per heavy atom. The summed E-state index contributed by atoms with van der Waals surface area (Å²) in [5, 5.41) is 0. The number of esters is 1. The van der Waals surface area contributed by atoms with Crippen molar-refractivity contribution in [3.05, 3.63) is 34.3 Å². The number of hydrogen-bond acceptors (Lipinski definition) is 3. The highest BCUT2D eigenvalue weighted by Crippen LogP contribution is 2.12. The van der Waals surface area contributed by atoms with E-state index in [1.165, 1.54) is 7.11 Å². The first-order valence-electron chi connectivity index (χ1n) is 5.58. The summed E-state index contributed by atoms with van der Waals surface area (Å²) in [6.07, 6.45) is 0.305. The first-order chi connectivity index (χ1) is 8.52. The summed E-state index contributed by atoms with van der Waals surface area (Å²) in [5.74, 6) is -0.427. The molecule has 0 N–H and O–H groups in total. The fourth-order valence-corrected chi connectivity index (χ4v) is 1.72. The van der Waals surface area contributed by atoms with Gasteiger partial charge in [-0.2, -0.15) is 0 Å². The van der Waals surface area contributed by atoms with E-state index in [1.54, 1.807) is 11.9 Å². The molecule has 0 aliphatic heterocycles. The molecule has 0 aliphatic rings. The summed E-state index contributed by atoms with van der Waals surface area (Å²) < 4.78 is 5.50. The quantitative estimate of drug-likeness (QED) is 0.784. The number of ether oxygens (including phenoxy) is 1. The van der Waals surface area contributed by atoms with E-state index in [2.05, 4.69) is 20.7 Å². The van der Waals surface area contributed by atoms with E-state index in [0.717, 1.165) is 10.0 Å². The minimum Gasteiger partial charge on any atom is -0.469 e. The molecule has 1 amide bonds. The van der Waals surface area contributed by atoms with E-state index in [-0.39, 0.29) is 24.7 Å². The summed E-state index contributed by atoms with van der Waals surface area (Å²) in [4.78, 5) is 24.3. The lowest BCUT2D eigenvalue weighted by molar-refractivity contribution is -0.143. The van der Waals surface area contributed by atoms with Gasteiger partial charge in [-0.1, -0.05) is 28.1 Å². The normalized spacial score (nSPS) is 9.94. The van der Waals surface area contributed by atoms with Gasteiger partial charge in [-0.05, 0) is 17.7 Å². The Labute approximate surface area is 115 Å². The zero-order chi connectivity index (χ0) is 13.5. The average molecular weight is 314 g/mol. The van der Waals surface area contributed by atoms with Gasteiger partial charge in [0.25, 0.3) is 0 Å². The van der Waals surface area contributed by atoms with Crippen LogP contribution in [0.4, 0.5) is 0 Å². The molecule has 1 aromatic carbocycles. The number of hydrogen-bond donors (Lipinski definition) is 0. The maximum atomic E-state index is 11.7. The molecule has 0 aliphatic carbocycles. The van der Waals surface area contributed by atoms with Crippen LogP contribution < -0.4 is 0 Å². The van der Waals surface area contributed by atoms with Crippen LogP contribution in [-0.2, 0) is 20.9 Å². The van der Waals surface area contributed by atoms with Gasteiger partial charge in [0.05, 0.1) is 13.5 Å². The van der Waals surface area contributed by atoms with Crippen molar-refractivity contribution in [2.45, 2.75) is 19.4 Å². The van der Waals surface area contributed by atoms with Gasteiger partial charge < -0.3 is 9.64 Å². The molecule has 0 spiro atoms. The van der Waals surface area contributed by atoms with Crippen molar-refractivity contribution in [2.75, 3.05) is 14.2 Å². The van der Waals surface area contributed by atoms with Crippen molar-refractivity contribution in [2.24, 2.45) is 0 Å². The van der Waals surface area contributed by atoms with E-state index < -0.39 is 0 Å². The Kier molecular flexibility index (Phi) is 5.85. The van der Waals surface area contributed by atoms with Crippen LogP contribution in [0.5, 0.6) is 0 Å². The zero-order valence-electron chi connectivity index (χ0n) is 10.5. The van der Waals surface area contributed by atoms with Crippen molar-refractivity contribution in [1.82, 2.24) is 4.90 Å². The number of rotatable bonds is 5. The van der Waals surface area contributed by atoms with Gasteiger partial charge in [0.2, 0.25) is 5.91 Å². The smallest absolute Gasteiger partial charge is 0.306 e. The summed E-state index contributed by atoms with van der Waals surface area (Å²) in [7, 11) is 3.04. The molecule has 0 unspecified atom stereocenters.